The Hall–Kier alpha value is -1.86. The predicted molar refractivity (Wildman–Crippen MR) is 107 cm³/mol. The van der Waals surface area contributed by atoms with Crippen LogP contribution in [0.15, 0.2) is 40.0 Å². The molecule has 0 bridgehead atoms. The van der Waals surface area contributed by atoms with Gasteiger partial charge in [0.15, 0.2) is 0 Å². The van der Waals surface area contributed by atoms with Crippen molar-refractivity contribution in [3.05, 3.63) is 41.8 Å². The number of piperazine rings is 1. The van der Waals surface area contributed by atoms with E-state index in [2.05, 4.69) is 39.4 Å². The van der Waals surface area contributed by atoms with Crippen molar-refractivity contribution in [3.63, 3.8) is 0 Å². The zero-order valence-corrected chi connectivity index (χ0v) is 17.3. The third-order valence-corrected chi connectivity index (χ3v) is 5.53. The van der Waals surface area contributed by atoms with Gasteiger partial charge in [-0.1, -0.05) is 62.9 Å². The van der Waals surface area contributed by atoms with Gasteiger partial charge >= 0.3 is 0 Å². The van der Waals surface area contributed by atoms with Crippen molar-refractivity contribution < 1.29 is 9.21 Å². The van der Waals surface area contributed by atoms with Crippen molar-refractivity contribution in [3.8, 4) is 0 Å². The summed E-state index contributed by atoms with van der Waals surface area (Å²) in [6.45, 7) is 12.2. The molecule has 1 fully saturated rings. The number of hydrogen-bond acceptors (Lipinski definition) is 6. The average molecular weight is 389 g/mol. The Morgan fingerprint density at radius 2 is 1.81 bits per heavy atom. The summed E-state index contributed by atoms with van der Waals surface area (Å²) in [4.78, 5) is 17.1. The molecule has 27 heavy (non-hydrogen) atoms. The van der Waals surface area contributed by atoms with Crippen LogP contribution >= 0.6 is 11.8 Å². The Labute approximate surface area is 165 Å². The van der Waals surface area contributed by atoms with E-state index in [0.29, 0.717) is 11.1 Å². The van der Waals surface area contributed by atoms with E-state index in [0.717, 1.165) is 32.7 Å². The van der Waals surface area contributed by atoms with Gasteiger partial charge in [0, 0.05) is 38.1 Å². The lowest BCUT2D eigenvalue weighted by molar-refractivity contribution is -0.132. The van der Waals surface area contributed by atoms with E-state index in [1.165, 1.54) is 17.3 Å². The van der Waals surface area contributed by atoms with Crippen LogP contribution in [0.2, 0.25) is 0 Å². The van der Waals surface area contributed by atoms with Crippen LogP contribution in [0.4, 0.5) is 0 Å². The SMILES string of the molecule is CC(Sc1nnc(C(C)(C)C)o1)C(=O)N1CCN(Cc2ccccc2)CC1. The minimum atomic E-state index is -0.237. The van der Waals surface area contributed by atoms with Crippen LogP contribution in [0.3, 0.4) is 0 Å². The van der Waals surface area contributed by atoms with Crippen molar-refractivity contribution in [2.24, 2.45) is 0 Å². The molecule has 1 aliphatic rings. The fraction of sp³-hybridized carbons (Fsp3) is 0.550. The highest BCUT2D eigenvalue weighted by atomic mass is 32.2. The fourth-order valence-corrected chi connectivity index (χ4v) is 3.75. The van der Waals surface area contributed by atoms with Gasteiger partial charge in [-0.3, -0.25) is 9.69 Å². The summed E-state index contributed by atoms with van der Waals surface area (Å²) in [5.41, 5.74) is 1.13. The maximum atomic E-state index is 12.8. The molecule has 2 aromatic rings. The van der Waals surface area contributed by atoms with Crippen molar-refractivity contribution in [2.75, 3.05) is 26.2 Å². The van der Waals surface area contributed by atoms with E-state index < -0.39 is 0 Å². The van der Waals surface area contributed by atoms with Gasteiger partial charge in [-0.2, -0.15) is 0 Å². The third-order valence-electron chi connectivity index (χ3n) is 4.61. The van der Waals surface area contributed by atoms with Gasteiger partial charge in [-0.05, 0) is 12.5 Å². The number of hydrogen-bond donors (Lipinski definition) is 0. The van der Waals surface area contributed by atoms with Gasteiger partial charge in [-0.15, -0.1) is 10.2 Å². The smallest absolute Gasteiger partial charge is 0.277 e. The lowest BCUT2D eigenvalue weighted by Gasteiger charge is -2.35. The topological polar surface area (TPSA) is 62.5 Å². The molecule has 6 nitrogen and oxygen atoms in total. The largest absolute Gasteiger partial charge is 0.415 e. The summed E-state index contributed by atoms with van der Waals surface area (Å²) in [5, 5.41) is 8.39. The lowest BCUT2D eigenvalue weighted by Crippen LogP contribution is -2.50. The van der Waals surface area contributed by atoms with Crippen LogP contribution in [0.1, 0.15) is 39.1 Å². The highest BCUT2D eigenvalue weighted by Gasteiger charge is 2.28. The maximum Gasteiger partial charge on any atom is 0.277 e. The molecule has 1 amide bonds. The molecule has 1 aliphatic heterocycles. The lowest BCUT2D eigenvalue weighted by atomic mass is 9.97. The summed E-state index contributed by atoms with van der Waals surface area (Å²) >= 11 is 1.34. The molecule has 0 spiro atoms. The summed E-state index contributed by atoms with van der Waals surface area (Å²) in [5.74, 6) is 0.731. The zero-order valence-electron chi connectivity index (χ0n) is 16.5. The first-order valence-electron chi connectivity index (χ1n) is 9.38. The Bertz CT molecular complexity index is 749. The standard InChI is InChI=1S/C20H28N4O2S/c1-15(27-19-22-21-18(26-19)20(2,3)4)17(25)24-12-10-23(11-13-24)14-16-8-6-5-7-9-16/h5-9,15H,10-14H2,1-4H3. The average Bonchev–Trinajstić information content (AvgIpc) is 3.11. The summed E-state index contributed by atoms with van der Waals surface area (Å²) in [7, 11) is 0. The maximum absolute atomic E-state index is 12.8. The quantitative estimate of drug-likeness (QED) is 0.733. The van der Waals surface area contributed by atoms with E-state index in [1.54, 1.807) is 0 Å². The highest BCUT2D eigenvalue weighted by molar-refractivity contribution is 8.00. The second-order valence-corrected chi connectivity index (χ2v) is 9.26. The van der Waals surface area contributed by atoms with E-state index in [-0.39, 0.29) is 16.6 Å². The first kappa shape index (κ1) is 19.9. The second-order valence-electron chi connectivity index (χ2n) is 7.97. The van der Waals surface area contributed by atoms with E-state index >= 15 is 0 Å². The molecule has 1 saturated heterocycles. The molecule has 0 aliphatic carbocycles. The minimum Gasteiger partial charge on any atom is -0.415 e. The van der Waals surface area contributed by atoms with E-state index in [1.807, 2.05) is 38.7 Å². The first-order valence-corrected chi connectivity index (χ1v) is 10.3. The third kappa shape index (κ3) is 5.32. The summed E-state index contributed by atoms with van der Waals surface area (Å²) in [6.07, 6.45) is 0. The van der Waals surface area contributed by atoms with Gasteiger partial charge in [-0.25, -0.2) is 0 Å². The molecule has 1 atom stereocenters. The second kappa shape index (κ2) is 8.44. The van der Waals surface area contributed by atoms with Crippen molar-refractivity contribution in [2.45, 2.75) is 50.1 Å². The normalized spacial score (nSPS) is 17.1. The number of thioether (sulfide) groups is 1. The fourth-order valence-electron chi connectivity index (χ4n) is 2.99. The van der Waals surface area contributed by atoms with Crippen molar-refractivity contribution >= 4 is 17.7 Å². The number of carbonyl (C=O) groups is 1. The van der Waals surface area contributed by atoms with Gasteiger partial charge in [0.25, 0.3) is 5.22 Å². The van der Waals surface area contributed by atoms with Crippen LogP contribution in [-0.4, -0.2) is 57.3 Å². The van der Waals surface area contributed by atoms with E-state index in [4.69, 9.17) is 4.42 Å². The number of amides is 1. The van der Waals surface area contributed by atoms with Crippen LogP contribution in [0.5, 0.6) is 0 Å². The molecule has 7 heteroatoms. The molecular weight excluding hydrogens is 360 g/mol. The van der Waals surface area contributed by atoms with Crippen LogP contribution in [0, 0.1) is 0 Å². The number of rotatable bonds is 5. The predicted octanol–water partition coefficient (Wildman–Crippen LogP) is 3.19. The van der Waals surface area contributed by atoms with Crippen LogP contribution in [-0.2, 0) is 16.8 Å². The van der Waals surface area contributed by atoms with Gasteiger partial charge < -0.3 is 9.32 Å². The molecular formula is C20H28N4O2S. The molecule has 3 rings (SSSR count). The number of nitrogens with zero attached hydrogens (tertiary/aromatic N) is 4. The van der Waals surface area contributed by atoms with Crippen molar-refractivity contribution in [1.29, 1.82) is 0 Å². The van der Waals surface area contributed by atoms with E-state index in [9.17, 15) is 4.79 Å². The molecule has 146 valence electrons. The Balaban J connectivity index is 1.49. The van der Waals surface area contributed by atoms with Gasteiger partial charge in [0.1, 0.15) is 0 Å². The summed E-state index contributed by atoms with van der Waals surface area (Å²) in [6, 6.07) is 10.5. The number of benzene rings is 1. The summed E-state index contributed by atoms with van der Waals surface area (Å²) < 4.78 is 5.70. The Morgan fingerprint density at radius 1 is 1.15 bits per heavy atom. The molecule has 0 saturated carbocycles. The van der Waals surface area contributed by atoms with Crippen molar-refractivity contribution in [1.82, 2.24) is 20.0 Å². The first-order chi connectivity index (χ1) is 12.8. The molecule has 2 heterocycles. The molecule has 1 aromatic carbocycles. The molecule has 0 N–H and O–H groups in total. The Kier molecular flexibility index (Phi) is 6.22. The molecule has 1 unspecified atom stereocenters. The molecule has 0 radical (unpaired) electrons. The van der Waals surface area contributed by atoms with Gasteiger partial charge in [0.05, 0.1) is 5.25 Å². The monoisotopic (exact) mass is 388 g/mol. The minimum absolute atomic E-state index is 0.134. The van der Waals surface area contributed by atoms with Gasteiger partial charge in [0.2, 0.25) is 11.8 Å². The number of aromatic nitrogens is 2. The highest BCUT2D eigenvalue weighted by Crippen LogP contribution is 2.28. The molecule has 1 aromatic heterocycles. The number of carbonyl (C=O) groups excluding carboxylic acids is 1. The van der Waals surface area contributed by atoms with Crippen LogP contribution < -0.4 is 0 Å². The zero-order chi connectivity index (χ0) is 19.4. The van der Waals surface area contributed by atoms with Crippen LogP contribution in [0.25, 0.3) is 0 Å². The Morgan fingerprint density at radius 3 is 2.41 bits per heavy atom.